The Bertz CT molecular complexity index is 445. The molecule has 1 aliphatic rings. The van der Waals surface area contributed by atoms with Gasteiger partial charge in [0, 0.05) is 18.3 Å². The smallest absolute Gasteiger partial charge is 0.0464 e. The minimum Gasteiger partial charge on any atom is -0.381 e. The lowest BCUT2D eigenvalue weighted by Gasteiger charge is -2.32. The Hall–Kier alpha value is -1.09. The molecule has 0 spiro atoms. The summed E-state index contributed by atoms with van der Waals surface area (Å²) in [4.78, 5) is 0. The van der Waals surface area contributed by atoms with Gasteiger partial charge in [0.25, 0.3) is 0 Å². The Labute approximate surface area is 153 Å². The van der Waals surface area contributed by atoms with Crippen LogP contribution in [0, 0.1) is 17.8 Å². The maximum absolute atomic E-state index is 12.8. The van der Waals surface area contributed by atoms with E-state index in [-0.39, 0.29) is 6.04 Å². The first-order valence-corrected chi connectivity index (χ1v) is 10.4. The number of halogens is 1. The van der Waals surface area contributed by atoms with Crippen molar-refractivity contribution in [3.8, 4) is 0 Å². The fourth-order valence-corrected chi connectivity index (χ4v) is 4.50. The van der Waals surface area contributed by atoms with E-state index < -0.39 is 0 Å². The van der Waals surface area contributed by atoms with Crippen molar-refractivity contribution in [2.75, 3.05) is 11.9 Å². The van der Waals surface area contributed by atoms with E-state index in [2.05, 4.69) is 31.3 Å². The molecule has 0 radical (unpaired) electrons. The largest absolute Gasteiger partial charge is 0.381 e. The highest BCUT2D eigenvalue weighted by Crippen LogP contribution is 2.36. The molecule has 1 aliphatic carbocycles. The molecule has 0 aromatic heterocycles. The number of hydrogen-bond donors (Lipinski definition) is 2. The number of para-hydroxylation sites is 1. The van der Waals surface area contributed by atoms with Crippen molar-refractivity contribution in [1.29, 1.82) is 0 Å². The highest BCUT2D eigenvalue weighted by atomic mass is 19.2. The van der Waals surface area contributed by atoms with Crippen LogP contribution in [0.3, 0.4) is 0 Å². The van der Waals surface area contributed by atoms with Gasteiger partial charge in [0.1, 0.15) is 0 Å². The zero-order valence-electron chi connectivity index (χ0n) is 16.1. The first-order chi connectivity index (χ1) is 12.2. The van der Waals surface area contributed by atoms with E-state index in [0.717, 1.165) is 17.5 Å². The van der Waals surface area contributed by atoms with E-state index in [1.54, 1.807) is 0 Å². The van der Waals surface area contributed by atoms with Gasteiger partial charge >= 0.3 is 0 Å². The molecular formula is C22H37FN2. The Morgan fingerprint density at radius 3 is 2.40 bits per heavy atom. The molecule has 0 heterocycles. The van der Waals surface area contributed by atoms with E-state index in [9.17, 15) is 4.48 Å². The van der Waals surface area contributed by atoms with Gasteiger partial charge in [0.15, 0.2) is 0 Å². The summed E-state index contributed by atoms with van der Waals surface area (Å²) in [6.45, 7) is 4.94. The summed E-state index contributed by atoms with van der Waals surface area (Å²) in [6, 6.07) is 10.3. The summed E-state index contributed by atoms with van der Waals surface area (Å²) in [7, 11) is 0. The summed E-state index contributed by atoms with van der Waals surface area (Å²) in [6.07, 6.45) is 12.2. The lowest BCUT2D eigenvalue weighted by molar-refractivity contribution is 0.206. The summed E-state index contributed by atoms with van der Waals surface area (Å²) in [5.74, 6) is 2.25. The van der Waals surface area contributed by atoms with Gasteiger partial charge in [-0.2, -0.15) is 5.54 Å². The molecule has 3 atom stereocenters. The molecule has 0 amide bonds. The van der Waals surface area contributed by atoms with Crippen LogP contribution in [-0.2, 0) is 0 Å². The molecule has 2 nitrogen and oxygen atoms in total. The van der Waals surface area contributed by atoms with Crippen LogP contribution in [0.4, 0.5) is 10.2 Å². The van der Waals surface area contributed by atoms with Crippen molar-refractivity contribution in [2.24, 2.45) is 17.8 Å². The lowest BCUT2D eigenvalue weighted by atomic mass is 9.75. The van der Waals surface area contributed by atoms with Gasteiger partial charge in [-0.25, -0.2) is 0 Å². The number of anilines is 1. The quantitative estimate of drug-likeness (QED) is 0.455. The Balaban J connectivity index is 1.88. The minimum atomic E-state index is 0.126. The molecule has 0 saturated heterocycles. The lowest BCUT2D eigenvalue weighted by Crippen LogP contribution is -2.36. The predicted octanol–water partition coefficient (Wildman–Crippen LogP) is 6.35. The van der Waals surface area contributed by atoms with E-state index in [4.69, 9.17) is 0 Å². The fraction of sp³-hybridized carbons (Fsp3) is 0.727. The second kappa shape index (κ2) is 11.5. The highest BCUT2D eigenvalue weighted by Gasteiger charge is 2.25. The van der Waals surface area contributed by atoms with Crippen LogP contribution in [0.25, 0.3) is 0 Å². The zero-order chi connectivity index (χ0) is 17.9. The third-order valence-electron chi connectivity index (χ3n) is 6.08. The van der Waals surface area contributed by atoms with Crippen molar-refractivity contribution in [3.63, 3.8) is 0 Å². The molecule has 0 aliphatic heterocycles. The monoisotopic (exact) mass is 348 g/mol. The molecule has 3 heteroatoms. The van der Waals surface area contributed by atoms with E-state index >= 15 is 0 Å². The van der Waals surface area contributed by atoms with Crippen LogP contribution in [0.2, 0.25) is 0 Å². The maximum Gasteiger partial charge on any atom is 0.0464 e. The molecule has 0 bridgehead atoms. The third-order valence-corrected chi connectivity index (χ3v) is 6.08. The molecular weight excluding hydrogens is 311 g/mol. The fourth-order valence-electron chi connectivity index (χ4n) is 4.50. The molecule has 1 saturated carbocycles. The summed E-state index contributed by atoms with van der Waals surface area (Å²) >= 11 is 0. The first-order valence-electron chi connectivity index (χ1n) is 10.4. The molecule has 25 heavy (non-hydrogen) atoms. The number of nitrogens with one attached hydrogen (secondary N) is 2. The SMILES string of the molecule is CCCC(CCC(C)C(CNF)Nc1ccccc1)C1CCCCC1. The average Bonchev–Trinajstić information content (AvgIpc) is 2.66. The summed E-state index contributed by atoms with van der Waals surface area (Å²) < 4.78 is 12.8. The van der Waals surface area contributed by atoms with Crippen molar-refractivity contribution in [3.05, 3.63) is 30.3 Å². The van der Waals surface area contributed by atoms with Gasteiger partial charge in [-0.05, 0) is 42.7 Å². The van der Waals surface area contributed by atoms with Crippen molar-refractivity contribution in [1.82, 2.24) is 5.54 Å². The summed E-state index contributed by atoms with van der Waals surface area (Å²) in [5.41, 5.74) is 2.96. The second-order valence-electron chi connectivity index (χ2n) is 7.96. The number of benzene rings is 1. The third kappa shape index (κ3) is 6.97. The number of hydrogen-bond acceptors (Lipinski definition) is 2. The van der Waals surface area contributed by atoms with Crippen LogP contribution in [-0.4, -0.2) is 12.6 Å². The molecule has 2 N–H and O–H groups in total. The van der Waals surface area contributed by atoms with Crippen LogP contribution in [0.15, 0.2) is 30.3 Å². The molecule has 1 fully saturated rings. The minimum absolute atomic E-state index is 0.126. The molecule has 1 aromatic carbocycles. The Morgan fingerprint density at radius 1 is 1.04 bits per heavy atom. The van der Waals surface area contributed by atoms with Crippen LogP contribution in [0.1, 0.15) is 71.6 Å². The van der Waals surface area contributed by atoms with Crippen LogP contribution >= 0.6 is 0 Å². The van der Waals surface area contributed by atoms with Crippen molar-refractivity contribution < 1.29 is 4.48 Å². The average molecular weight is 349 g/mol. The van der Waals surface area contributed by atoms with E-state index in [1.165, 1.54) is 57.8 Å². The molecule has 142 valence electrons. The van der Waals surface area contributed by atoms with E-state index in [1.807, 2.05) is 23.7 Å². The van der Waals surface area contributed by atoms with Crippen LogP contribution < -0.4 is 10.9 Å². The second-order valence-corrected chi connectivity index (χ2v) is 7.96. The normalized spacial score (nSPS) is 19.3. The molecule has 2 rings (SSSR count). The molecule has 1 aromatic rings. The van der Waals surface area contributed by atoms with Crippen LogP contribution in [0.5, 0.6) is 0 Å². The highest BCUT2D eigenvalue weighted by molar-refractivity contribution is 5.43. The van der Waals surface area contributed by atoms with Crippen molar-refractivity contribution in [2.45, 2.75) is 77.7 Å². The number of rotatable bonds is 11. The van der Waals surface area contributed by atoms with Gasteiger partial charge in [0.2, 0.25) is 0 Å². The Kier molecular flexibility index (Phi) is 9.31. The van der Waals surface area contributed by atoms with Crippen molar-refractivity contribution >= 4 is 5.69 Å². The standard InChI is InChI=1S/C22H37FN2/c1-3-10-19(20-11-6-4-7-12-20)16-15-18(2)22(17-24-23)25-21-13-8-5-9-14-21/h5,8-9,13-14,18-20,22,24-25H,3-4,6-7,10-12,15-17H2,1-2H3. The van der Waals surface area contributed by atoms with Gasteiger partial charge in [-0.3, -0.25) is 0 Å². The van der Waals surface area contributed by atoms with Gasteiger partial charge in [0.05, 0.1) is 0 Å². The van der Waals surface area contributed by atoms with Gasteiger partial charge in [-0.1, -0.05) is 77.0 Å². The molecule has 3 unspecified atom stereocenters. The zero-order valence-corrected chi connectivity index (χ0v) is 16.1. The summed E-state index contributed by atoms with van der Waals surface area (Å²) in [5, 5.41) is 3.51. The first kappa shape index (κ1) is 20.2. The Morgan fingerprint density at radius 2 is 1.76 bits per heavy atom. The van der Waals surface area contributed by atoms with Gasteiger partial charge < -0.3 is 5.32 Å². The maximum atomic E-state index is 12.8. The van der Waals surface area contributed by atoms with E-state index in [0.29, 0.717) is 12.5 Å². The van der Waals surface area contributed by atoms with Gasteiger partial charge in [-0.15, -0.1) is 4.48 Å². The predicted molar refractivity (Wildman–Crippen MR) is 106 cm³/mol. The topological polar surface area (TPSA) is 24.1 Å².